The summed E-state index contributed by atoms with van der Waals surface area (Å²) in [6, 6.07) is 5.48. The first-order chi connectivity index (χ1) is 14.4. The summed E-state index contributed by atoms with van der Waals surface area (Å²) >= 11 is 0. The first-order valence-corrected chi connectivity index (χ1v) is 11.8. The molecule has 0 spiro atoms. The van der Waals surface area contributed by atoms with Gasteiger partial charge in [0.1, 0.15) is 5.56 Å². The third-order valence-corrected chi connectivity index (χ3v) is 7.73. The molecular formula is C21H25F3N2O4S. The molecule has 31 heavy (non-hydrogen) atoms. The van der Waals surface area contributed by atoms with E-state index in [1.807, 2.05) is 12.1 Å². The smallest absolute Gasteiger partial charge is 0.436 e. The summed E-state index contributed by atoms with van der Waals surface area (Å²) in [7, 11) is -3.18. The van der Waals surface area contributed by atoms with Crippen molar-refractivity contribution >= 4 is 15.8 Å². The minimum Gasteiger partial charge on any atom is -0.462 e. The van der Waals surface area contributed by atoms with Gasteiger partial charge in [0.25, 0.3) is 0 Å². The molecule has 1 aliphatic carbocycles. The van der Waals surface area contributed by atoms with Gasteiger partial charge >= 0.3 is 12.1 Å². The summed E-state index contributed by atoms with van der Waals surface area (Å²) in [5, 5.41) is 3.13. The van der Waals surface area contributed by atoms with Crippen LogP contribution in [0.25, 0.3) is 0 Å². The molecule has 10 heteroatoms. The maximum Gasteiger partial charge on any atom is 0.436 e. The summed E-state index contributed by atoms with van der Waals surface area (Å²) < 4.78 is 70.2. The Morgan fingerprint density at radius 1 is 1.32 bits per heavy atom. The normalized spacial score (nSPS) is 16.5. The van der Waals surface area contributed by atoms with Crippen molar-refractivity contribution in [1.82, 2.24) is 9.78 Å². The Bertz CT molecular complexity index is 1070. The molecule has 1 aromatic carbocycles. The molecule has 170 valence electrons. The van der Waals surface area contributed by atoms with Crippen LogP contribution in [0.2, 0.25) is 0 Å². The molecule has 1 atom stereocenters. The van der Waals surface area contributed by atoms with Crippen LogP contribution in [-0.4, -0.2) is 41.8 Å². The molecule has 0 aliphatic heterocycles. The van der Waals surface area contributed by atoms with Crippen LogP contribution in [0.1, 0.15) is 65.9 Å². The highest BCUT2D eigenvalue weighted by atomic mass is 32.2. The van der Waals surface area contributed by atoms with Gasteiger partial charge < -0.3 is 4.74 Å². The fraction of sp³-hybridized carbons (Fsp3) is 0.524. The highest BCUT2D eigenvalue weighted by Gasteiger charge is 2.39. The molecule has 0 radical (unpaired) electrons. The third-order valence-electron chi connectivity index (χ3n) is 5.43. The number of hydrogen-bond acceptors (Lipinski definition) is 5. The number of benzene rings is 1. The van der Waals surface area contributed by atoms with Gasteiger partial charge in [-0.2, -0.15) is 18.3 Å². The fourth-order valence-corrected chi connectivity index (χ4v) is 5.05. The maximum absolute atomic E-state index is 13.3. The molecule has 0 bridgehead atoms. The molecule has 0 saturated carbocycles. The number of aryl methyl sites for hydroxylation is 1. The number of ether oxygens (including phenoxy) is 1. The second-order valence-electron chi connectivity index (χ2n) is 7.95. The molecule has 0 saturated heterocycles. The maximum atomic E-state index is 13.3. The van der Waals surface area contributed by atoms with E-state index in [0.29, 0.717) is 6.42 Å². The number of esters is 1. The average Bonchev–Trinajstić information content (AvgIpc) is 3.26. The van der Waals surface area contributed by atoms with Crippen LogP contribution >= 0.6 is 0 Å². The zero-order valence-electron chi connectivity index (χ0n) is 17.6. The Labute approximate surface area is 179 Å². The molecule has 6 nitrogen and oxygen atoms in total. The number of sulfone groups is 1. The highest BCUT2D eigenvalue weighted by molar-refractivity contribution is 7.92. The van der Waals surface area contributed by atoms with Gasteiger partial charge in [-0.3, -0.25) is 4.68 Å². The Morgan fingerprint density at radius 3 is 2.65 bits per heavy atom. The number of fused-ring (bicyclic) bond motifs is 1. The van der Waals surface area contributed by atoms with Crippen LogP contribution in [0.5, 0.6) is 0 Å². The van der Waals surface area contributed by atoms with Crippen molar-refractivity contribution in [2.45, 2.75) is 57.5 Å². The lowest BCUT2D eigenvalue weighted by Gasteiger charge is -2.15. The van der Waals surface area contributed by atoms with Crippen LogP contribution in [0, 0.1) is 0 Å². The van der Waals surface area contributed by atoms with Crippen molar-refractivity contribution in [3.05, 3.63) is 52.3 Å². The van der Waals surface area contributed by atoms with Gasteiger partial charge in [0.15, 0.2) is 15.5 Å². The van der Waals surface area contributed by atoms with Crippen molar-refractivity contribution in [2.24, 2.45) is 0 Å². The van der Waals surface area contributed by atoms with E-state index in [1.54, 1.807) is 19.9 Å². The van der Waals surface area contributed by atoms with Gasteiger partial charge in [-0.05, 0) is 56.2 Å². The summed E-state index contributed by atoms with van der Waals surface area (Å²) in [5.74, 6) is -1.05. The Balaban J connectivity index is 1.83. The quantitative estimate of drug-likeness (QED) is 0.587. The largest absolute Gasteiger partial charge is 0.462 e. The van der Waals surface area contributed by atoms with Crippen molar-refractivity contribution < 1.29 is 31.1 Å². The summed E-state index contributed by atoms with van der Waals surface area (Å²) in [4.78, 5) is 11.9. The van der Waals surface area contributed by atoms with E-state index in [4.69, 9.17) is 4.74 Å². The van der Waals surface area contributed by atoms with Crippen LogP contribution in [0.3, 0.4) is 0 Å². The zero-order valence-corrected chi connectivity index (χ0v) is 18.4. The molecule has 0 amide bonds. The predicted molar refractivity (Wildman–Crippen MR) is 109 cm³/mol. The van der Waals surface area contributed by atoms with E-state index in [-0.39, 0.29) is 24.8 Å². The van der Waals surface area contributed by atoms with E-state index >= 15 is 0 Å². The Hall–Kier alpha value is -2.36. The second kappa shape index (κ2) is 8.64. The molecule has 2 aromatic rings. The lowest BCUT2D eigenvalue weighted by Crippen LogP contribution is -2.21. The van der Waals surface area contributed by atoms with Crippen molar-refractivity contribution in [1.29, 1.82) is 0 Å². The number of halogens is 3. The Kier molecular flexibility index (Phi) is 6.50. The standard InChI is InChI=1S/C21H25F3N2O4S/c1-4-30-20(27)18-11-26(25-19(18)21(22,23)24)10-14-5-8-17-15(9-14)6-7-16(17)12-31(28,29)13(2)3/h5,8-9,11,13,16H,4,6-7,10,12H2,1-3H3. The third kappa shape index (κ3) is 5.11. The van der Waals surface area contributed by atoms with Crippen LogP contribution in [-0.2, 0) is 33.7 Å². The number of carbonyl (C=O) groups is 1. The van der Waals surface area contributed by atoms with Gasteiger partial charge in [-0.1, -0.05) is 18.2 Å². The molecule has 1 aromatic heterocycles. The topological polar surface area (TPSA) is 78.3 Å². The van der Waals surface area contributed by atoms with E-state index in [0.717, 1.165) is 34.0 Å². The van der Waals surface area contributed by atoms with Crippen molar-refractivity contribution in [3.63, 3.8) is 0 Å². The second-order valence-corrected chi connectivity index (χ2v) is 10.6. The fourth-order valence-electron chi connectivity index (χ4n) is 3.76. The molecule has 0 N–H and O–H groups in total. The van der Waals surface area contributed by atoms with Gasteiger partial charge in [0.2, 0.25) is 0 Å². The van der Waals surface area contributed by atoms with Gasteiger partial charge in [-0.25, -0.2) is 13.2 Å². The molecule has 1 unspecified atom stereocenters. The van der Waals surface area contributed by atoms with E-state index < -0.39 is 38.5 Å². The van der Waals surface area contributed by atoms with Gasteiger partial charge in [0, 0.05) is 6.20 Å². The van der Waals surface area contributed by atoms with Crippen LogP contribution in [0.4, 0.5) is 13.2 Å². The number of alkyl halides is 3. The van der Waals surface area contributed by atoms with Crippen molar-refractivity contribution in [2.75, 3.05) is 12.4 Å². The number of aromatic nitrogens is 2. The Morgan fingerprint density at radius 2 is 2.03 bits per heavy atom. The van der Waals surface area contributed by atoms with Crippen molar-refractivity contribution in [3.8, 4) is 0 Å². The summed E-state index contributed by atoms with van der Waals surface area (Å²) in [6.07, 6.45) is -2.30. The minimum absolute atomic E-state index is 0.0418. The SMILES string of the molecule is CCOC(=O)c1cn(Cc2ccc3c(c2)CCC3CS(=O)(=O)C(C)C)nc1C(F)(F)F. The van der Waals surface area contributed by atoms with E-state index in [1.165, 1.54) is 6.92 Å². The first kappa shape index (κ1) is 23.3. The minimum atomic E-state index is -4.78. The molecule has 3 rings (SSSR count). The van der Waals surface area contributed by atoms with Crippen LogP contribution in [0.15, 0.2) is 24.4 Å². The van der Waals surface area contributed by atoms with Crippen LogP contribution < -0.4 is 0 Å². The van der Waals surface area contributed by atoms with E-state index in [9.17, 15) is 26.4 Å². The monoisotopic (exact) mass is 458 g/mol. The number of nitrogens with zero attached hydrogens (tertiary/aromatic N) is 2. The highest BCUT2D eigenvalue weighted by Crippen LogP contribution is 2.36. The molecule has 1 heterocycles. The number of hydrogen-bond donors (Lipinski definition) is 0. The van der Waals surface area contributed by atoms with Gasteiger partial charge in [-0.15, -0.1) is 0 Å². The zero-order chi connectivity index (χ0) is 23.0. The lowest BCUT2D eigenvalue weighted by molar-refractivity contribution is -0.142. The molecular weight excluding hydrogens is 433 g/mol. The van der Waals surface area contributed by atoms with E-state index in [2.05, 4.69) is 5.10 Å². The average molecular weight is 459 g/mol. The predicted octanol–water partition coefficient (Wildman–Crippen LogP) is 3.98. The summed E-state index contributed by atoms with van der Waals surface area (Å²) in [6.45, 7) is 4.85. The summed E-state index contributed by atoms with van der Waals surface area (Å²) in [5.41, 5.74) is 0.796. The lowest BCUT2D eigenvalue weighted by atomic mass is 10.0. The van der Waals surface area contributed by atoms with Gasteiger partial charge in [0.05, 0.1) is 24.2 Å². The first-order valence-electron chi connectivity index (χ1n) is 10.1. The number of carbonyl (C=O) groups excluding carboxylic acids is 1. The number of rotatable bonds is 7. The molecule has 1 aliphatic rings. The molecule has 0 fully saturated rings.